The second kappa shape index (κ2) is 5.43. The molecule has 0 saturated carbocycles. The molecule has 1 fully saturated rings. The number of carbonyl (C=O) groups excluding carboxylic acids is 2. The van der Waals surface area contributed by atoms with Crippen molar-refractivity contribution in [2.45, 2.75) is 45.2 Å². The van der Waals surface area contributed by atoms with E-state index < -0.39 is 11.9 Å². The number of piperidine rings is 1. The highest BCUT2D eigenvalue weighted by atomic mass is 16.5. The highest BCUT2D eigenvalue weighted by Gasteiger charge is 2.42. The minimum atomic E-state index is -0.608. The Labute approximate surface area is 96.9 Å². The van der Waals surface area contributed by atoms with Crippen molar-refractivity contribution in [3.8, 4) is 0 Å². The molecule has 0 bridgehead atoms. The molecule has 0 aromatic rings. The topological polar surface area (TPSA) is 46.6 Å². The van der Waals surface area contributed by atoms with Gasteiger partial charge in [0.05, 0.1) is 7.11 Å². The monoisotopic (exact) mass is 227 g/mol. The maximum atomic E-state index is 11.9. The van der Waals surface area contributed by atoms with Crippen molar-refractivity contribution < 1.29 is 14.3 Å². The summed E-state index contributed by atoms with van der Waals surface area (Å²) in [5, 5.41) is 0. The average molecular weight is 227 g/mol. The van der Waals surface area contributed by atoms with Crippen LogP contribution in [0.3, 0.4) is 0 Å². The summed E-state index contributed by atoms with van der Waals surface area (Å²) in [6, 6.07) is 0.207. The highest BCUT2D eigenvalue weighted by molar-refractivity contribution is 6.00. The van der Waals surface area contributed by atoms with Crippen LogP contribution in [0.5, 0.6) is 0 Å². The molecule has 1 saturated heterocycles. The summed E-state index contributed by atoms with van der Waals surface area (Å²) in [6.45, 7) is 4.02. The maximum Gasteiger partial charge on any atom is 0.317 e. The lowest BCUT2D eigenvalue weighted by atomic mass is 9.84. The van der Waals surface area contributed by atoms with Gasteiger partial charge in [-0.25, -0.2) is 0 Å². The molecule has 4 nitrogen and oxygen atoms in total. The van der Waals surface area contributed by atoms with Crippen LogP contribution in [0.4, 0.5) is 0 Å². The SMILES string of the molecule is CCC[C@H]1CC(=O)[C@H](C(=O)OC)[C@@H](C)N1C. The molecule has 16 heavy (non-hydrogen) atoms. The number of Topliss-reactive ketones (excluding diaryl/α,β-unsaturated/α-hetero) is 1. The lowest BCUT2D eigenvalue weighted by Crippen LogP contribution is -2.54. The molecule has 3 atom stereocenters. The van der Waals surface area contributed by atoms with Gasteiger partial charge in [0.15, 0.2) is 0 Å². The number of ketones is 1. The van der Waals surface area contributed by atoms with Gasteiger partial charge in [0, 0.05) is 18.5 Å². The molecule has 0 aliphatic carbocycles. The molecule has 0 aromatic carbocycles. The summed E-state index contributed by atoms with van der Waals surface area (Å²) in [5.74, 6) is -0.988. The van der Waals surface area contributed by atoms with Crippen LogP contribution in [0, 0.1) is 5.92 Å². The first-order valence-electron chi connectivity index (χ1n) is 5.85. The summed E-state index contributed by atoms with van der Waals surface area (Å²) < 4.78 is 4.69. The van der Waals surface area contributed by atoms with Gasteiger partial charge in [0.1, 0.15) is 11.7 Å². The van der Waals surface area contributed by atoms with Gasteiger partial charge in [-0.3, -0.25) is 14.5 Å². The Kier molecular flexibility index (Phi) is 4.47. The number of ether oxygens (including phenoxy) is 1. The van der Waals surface area contributed by atoms with Gasteiger partial charge in [0.2, 0.25) is 0 Å². The van der Waals surface area contributed by atoms with E-state index in [-0.39, 0.29) is 17.9 Å². The predicted octanol–water partition coefficient (Wildman–Crippen LogP) is 1.24. The normalized spacial score (nSPS) is 31.5. The molecule has 1 heterocycles. The first-order valence-corrected chi connectivity index (χ1v) is 5.85. The van der Waals surface area contributed by atoms with Crippen LogP contribution in [0.15, 0.2) is 0 Å². The van der Waals surface area contributed by atoms with Crippen molar-refractivity contribution in [3.63, 3.8) is 0 Å². The van der Waals surface area contributed by atoms with Crippen molar-refractivity contribution in [3.05, 3.63) is 0 Å². The largest absolute Gasteiger partial charge is 0.468 e. The molecule has 1 aliphatic rings. The molecule has 92 valence electrons. The molecular weight excluding hydrogens is 206 g/mol. The lowest BCUT2D eigenvalue weighted by molar-refractivity contribution is -0.155. The molecule has 0 unspecified atom stereocenters. The minimum absolute atomic E-state index is 0.0240. The molecular formula is C12H21NO3. The summed E-state index contributed by atoms with van der Waals surface area (Å²) >= 11 is 0. The highest BCUT2D eigenvalue weighted by Crippen LogP contribution is 2.27. The molecule has 0 radical (unpaired) electrons. The molecule has 0 amide bonds. The van der Waals surface area contributed by atoms with Gasteiger partial charge in [0.25, 0.3) is 0 Å². The van der Waals surface area contributed by atoms with Crippen molar-refractivity contribution in [2.75, 3.05) is 14.2 Å². The van der Waals surface area contributed by atoms with E-state index in [0.717, 1.165) is 12.8 Å². The number of esters is 1. The van der Waals surface area contributed by atoms with E-state index in [1.807, 2.05) is 14.0 Å². The number of nitrogens with zero attached hydrogens (tertiary/aromatic N) is 1. The third kappa shape index (κ3) is 2.43. The number of likely N-dealkylation sites (tertiary alicyclic amines) is 1. The van der Waals surface area contributed by atoms with E-state index in [1.165, 1.54) is 7.11 Å². The summed E-state index contributed by atoms with van der Waals surface area (Å²) in [6.07, 6.45) is 2.52. The molecule has 0 aromatic heterocycles. The van der Waals surface area contributed by atoms with Crippen molar-refractivity contribution in [1.29, 1.82) is 0 Å². The van der Waals surface area contributed by atoms with Crippen molar-refractivity contribution >= 4 is 11.8 Å². The third-order valence-electron chi connectivity index (χ3n) is 3.56. The molecule has 4 heteroatoms. The molecule has 0 spiro atoms. The van der Waals surface area contributed by atoms with Crippen LogP contribution in [-0.4, -0.2) is 42.9 Å². The Bertz CT molecular complexity index is 277. The second-order valence-electron chi connectivity index (χ2n) is 4.52. The number of methoxy groups -OCH3 is 1. The quantitative estimate of drug-likeness (QED) is 0.537. The number of hydrogen-bond acceptors (Lipinski definition) is 4. The van der Waals surface area contributed by atoms with Crippen LogP contribution in [-0.2, 0) is 14.3 Å². The molecule has 1 rings (SSSR count). The number of rotatable bonds is 3. The Hall–Kier alpha value is -0.900. The Morgan fingerprint density at radius 1 is 1.56 bits per heavy atom. The van der Waals surface area contributed by atoms with Crippen LogP contribution in [0.25, 0.3) is 0 Å². The van der Waals surface area contributed by atoms with Gasteiger partial charge in [-0.1, -0.05) is 13.3 Å². The van der Waals surface area contributed by atoms with Gasteiger partial charge in [-0.2, -0.15) is 0 Å². The van der Waals surface area contributed by atoms with Crippen LogP contribution in [0.1, 0.15) is 33.1 Å². The first kappa shape index (κ1) is 13.2. The Morgan fingerprint density at radius 3 is 2.69 bits per heavy atom. The fraction of sp³-hybridized carbons (Fsp3) is 0.833. The van der Waals surface area contributed by atoms with Crippen LogP contribution >= 0.6 is 0 Å². The summed E-state index contributed by atoms with van der Waals surface area (Å²) in [4.78, 5) is 25.6. The van der Waals surface area contributed by atoms with E-state index in [4.69, 9.17) is 0 Å². The average Bonchev–Trinajstić information content (AvgIpc) is 2.25. The maximum absolute atomic E-state index is 11.9. The van der Waals surface area contributed by atoms with Crippen LogP contribution < -0.4 is 0 Å². The third-order valence-corrected chi connectivity index (χ3v) is 3.56. The second-order valence-corrected chi connectivity index (χ2v) is 4.52. The fourth-order valence-corrected chi connectivity index (χ4v) is 2.43. The minimum Gasteiger partial charge on any atom is -0.468 e. The van der Waals surface area contributed by atoms with Gasteiger partial charge in [-0.05, 0) is 20.4 Å². The summed E-state index contributed by atoms with van der Waals surface area (Å²) in [5.41, 5.74) is 0. The molecule has 1 aliphatic heterocycles. The van der Waals surface area contributed by atoms with Crippen molar-refractivity contribution in [1.82, 2.24) is 4.90 Å². The van der Waals surface area contributed by atoms with Crippen LogP contribution in [0.2, 0.25) is 0 Å². The first-order chi connectivity index (χ1) is 7.52. The Morgan fingerprint density at radius 2 is 2.19 bits per heavy atom. The zero-order valence-electron chi connectivity index (χ0n) is 10.5. The standard InChI is InChI=1S/C12H21NO3/c1-5-6-9-7-10(14)11(12(15)16-4)8(2)13(9)3/h8-9,11H,5-7H2,1-4H3/t8-,9+,11-/m1/s1. The lowest BCUT2D eigenvalue weighted by Gasteiger charge is -2.40. The van der Waals surface area contributed by atoms with E-state index in [0.29, 0.717) is 6.42 Å². The fourth-order valence-electron chi connectivity index (χ4n) is 2.43. The van der Waals surface area contributed by atoms with Crippen molar-refractivity contribution in [2.24, 2.45) is 5.92 Å². The summed E-state index contributed by atoms with van der Waals surface area (Å²) in [7, 11) is 3.31. The zero-order chi connectivity index (χ0) is 12.3. The number of hydrogen-bond donors (Lipinski definition) is 0. The van der Waals surface area contributed by atoms with E-state index in [1.54, 1.807) is 0 Å². The van der Waals surface area contributed by atoms with E-state index in [2.05, 4.69) is 16.6 Å². The van der Waals surface area contributed by atoms with E-state index >= 15 is 0 Å². The van der Waals surface area contributed by atoms with Gasteiger partial charge >= 0.3 is 5.97 Å². The van der Waals surface area contributed by atoms with Gasteiger partial charge < -0.3 is 4.74 Å². The molecule has 0 N–H and O–H groups in total. The zero-order valence-corrected chi connectivity index (χ0v) is 10.5. The number of carbonyl (C=O) groups is 2. The predicted molar refractivity (Wildman–Crippen MR) is 61.1 cm³/mol. The Balaban J connectivity index is 2.79. The smallest absolute Gasteiger partial charge is 0.317 e. The van der Waals surface area contributed by atoms with Gasteiger partial charge in [-0.15, -0.1) is 0 Å². The van der Waals surface area contributed by atoms with E-state index in [9.17, 15) is 9.59 Å².